The third-order valence-corrected chi connectivity index (χ3v) is 5.86. The first-order chi connectivity index (χ1) is 15.1. The van der Waals surface area contributed by atoms with Crippen LogP contribution in [-0.4, -0.2) is 69.0 Å². The van der Waals surface area contributed by atoms with E-state index in [0.717, 1.165) is 38.6 Å². The predicted octanol–water partition coefficient (Wildman–Crippen LogP) is 2.55. The number of carbonyl (C=O) groups excluding carboxylic acids is 1. The van der Waals surface area contributed by atoms with Crippen molar-refractivity contribution >= 4 is 11.9 Å². The summed E-state index contributed by atoms with van der Waals surface area (Å²) in [6, 6.07) is 21.1. The monoisotopic (exact) mass is 421 g/mol. The molecule has 0 spiro atoms. The van der Waals surface area contributed by atoms with Crippen molar-refractivity contribution in [2.24, 2.45) is 10.9 Å². The van der Waals surface area contributed by atoms with Crippen LogP contribution in [0.15, 0.2) is 65.7 Å². The highest BCUT2D eigenvalue weighted by atomic mass is 16.2. The van der Waals surface area contributed by atoms with Gasteiger partial charge in [0, 0.05) is 45.6 Å². The molecule has 0 aliphatic carbocycles. The highest BCUT2D eigenvalue weighted by Crippen LogP contribution is 2.18. The van der Waals surface area contributed by atoms with Gasteiger partial charge in [-0.1, -0.05) is 60.7 Å². The van der Waals surface area contributed by atoms with Crippen molar-refractivity contribution in [1.29, 1.82) is 0 Å². The molecule has 2 unspecified atom stereocenters. The Morgan fingerprint density at radius 3 is 2.42 bits per heavy atom. The fraction of sp³-hybridized carbons (Fsp3) is 0.440. The lowest BCUT2D eigenvalue weighted by atomic mass is 10.1. The van der Waals surface area contributed by atoms with Gasteiger partial charge in [-0.15, -0.1) is 0 Å². The number of benzene rings is 2. The van der Waals surface area contributed by atoms with Crippen LogP contribution in [0.1, 0.15) is 23.6 Å². The fourth-order valence-corrected chi connectivity index (χ4v) is 4.04. The van der Waals surface area contributed by atoms with Gasteiger partial charge in [0.25, 0.3) is 0 Å². The Labute approximate surface area is 186 Å². The number of nitrogens with zero attached hydrogens (tertiary/aromatic N) is 3. The van der Waals surface area contributed by atoms with Crippen LogP contribution in [0.4, 0.5) is 0 Å². The molecule has 2 aromatic rings. The quantitative estimate of drug-likeness (QED) is 0.483. The molecule has 1 aliphatic heterocycles. The Balaban J connectivity index is 1.44. The van der Waals surface area contributed by atoms with E-state index in [1.165, 1.54) is 11.1 Å². The maximum Gasteiger partial charge on any atom is 0.223 e. The van der Waals surface area contributed by atoms with Gasteiger partial charge in [0.05, 0.1) is 6.04 Å². The maximum atomic E-state index is 12.4. The van der Waals surface area contributed by atoms with Gasteiger partial charge >= 0.3 is 0 Å². The van der Waals surface area contributed by atoms with E-state index in [1.807, 2.05) is 29.2 Å². The topological polar surface area (TPSA) is 60.0 Å². The Morgan fingerprint density at radius 2 is 1.77 bits per heavy atom. The van der Waals surface area contributed by atoms with Gasteiger partial charge in [-0.2, -0.15) is 0 Å². The van der Waals surface area contributed by atoms with Crippen LogP contribution in [0.3, 0.4) is 0 Å². The lowest BCUT2D eigenvalue weighted by molar-refractivity contribution is -0.127. The van der Waals surface area contributed by atoms with Gasteiger partial charge in [-0.25, -0.2) is 0 Å². The fourth-order valence-electron chi connectivity index (χ4n) is 4.04. The van der Waals surface area contributed by atoms with Gasteiger partial charge in [-0.3, -0.25) is 9.79 Å². The zero-order valence-electron chi connectivity index (χ0n) is 18.9. The first-order valence-corrected chi connectivity index (χ1v) is 11.0. The number of rotatable bonds is 9. The van der Waals surface area contributed by atoms with E-state index in [1.54, 1.807) is 7.05 Å². The van der Waals surface area contributed by atoms with Crippen LogP contribution in [0.5, 0.6) is 0 Å². The summed E-state index contributed by atoms with van der Waals surface area (Å²) in [6.45, 7) is 3.09. The number of likely N-dealkylation sites (N-methyl/N-ethyl adjacent to an activating group) is 1. The number of amides is 1. The van der Waals surface area contributed by atoms with Crippen LogP contribution < -0.4 is 10.6 Å². The van der Waals surface area contributed by atoms with Crippen LogP contribution in [0, 0.1) is 5.92 Å². The van der Waals surface area contributed by atoms with Crippen molar-refractivity contribution in [3.63, 3.8) is 0 Å². The highest BCUT2D eigenvalue weighted by Gasteiger charge is 2.29. The van der Waals surface area contributed by atoms with Gasteiger partial charge in [0.15, 0.2) is 5.96 Å². The maximum absolute atomic E-state index is 12.4. The van der Waals surface area contributed by atoms with E-state index in [9.17, 15) is 4.79 Å². The molecule has 2 N–H and O–H groups in total. The third kappa shape index (κ3) is 6.82. The molecule has 0 aromatic heterocycles. The lowest BCUT2D eigenvalue weighted by Gasteiger charge is -2.26. The minimum Gasteiger partial charge on any atom is -0.356 e. The molecule has 1 heterocycles. The second-order valence-electron chi connectivity index (χ2n) is 8.37. The van der Waals surface area contributed by atoms with Crippen LogP contribution in [0.2, 0.25) is 0 Å². The van der Waals surface area contributed by atoms with E-state index in [-0.39, 0.29) is 11.9 Å². The zero-order chi connectivity index (χ0) is 22.1. The van der Waals surface area contributed by atoms with Crippen molar-refractivity contribution in [2.45, 2.75) is 18.9 Å². The first kappa shape index (κ1) is 22.8. The van der Waals surface area contributed by atoms with Crippen LogP contribution in [0.25, 0.3) is 0 Å². The van der Waals surface area contributed by atoms with E-state index < -0.39 is 0 Å². The largest absolute Gasteiger partial charge is 0.356 e. The second-order valence-corrected chi connectivity index (χ2v) is 8.37. The van der Waals surface area contributed by atoms with E-state index in [4.69, 9.17) is 0 Å². The Hall–Kier alpha value is -2.86. The van der Waals surface area contributed by atoms with Gasteiger partial charge in [-0.05, 0) is 31.6 Å². The number of hydrogen-bond donors (Lipinski definition) is 2. The summed E-state index contributed by atoms with van der Waals surface area (Å²) in [5, 5.41) is 6.85. The standard InChI is InChI=1S/C25H35N5O/c1-26-25(28-18-23(29(2)3)22-12-8-5-9-13-22)27-17-21-16-24(31)30(19-21)15-14-20-10-6-4-7-11-20/h4-13,21,23H,14-19H2,1-3H3,(H2,26,27,28). The number of guanidine groups is 1. The number of aliphatic imine (C=N–C) groups is 1. The minimum absolute atomic E-state index is 0.251. The molecule has 166 valence electrons. The molecule has 0 radical (unpaired) electrons. The summed E-state index contributed by atoms with van der Waals surface area (Å²) in [7, 11) is 5.96. The van der Waals surface area contributed by atoms with Crippen molar-refractivity contribution in [2.75, 3.05) is 47.3 Å². The Bertz CT molecular complexity index is 838. The van der Waals surface area contributed by atoms with Crippen LogP contribution >= 0.6 is 0 Å². The smallest absolute Gasteiger partial charge is 0.223 e. The van der Waals surface area contributed by atoms with Gasteiger partial charge in [0.1, 0.15) is 0 Å². The van der Waals surface area contributed by atoms with Crippen LogP contribution in [-0.2, 0) is 11.2 Å². The van der Waals surface area contributed by atoms with Crippen molar-refractivity contribution in [3.05, 3.63) is 71.8 Å². The molecule has 1 fully saturated rings. The molecule has 6 heteroatoms. The number of nitrogens with one attached hydrogen (secondary N) is 2. The van der Waals surface area contributed by atoms with Crippen molar-refractivity contribution in [3.8, 4) is 0 Å². The molecule has 2 atom stereocenters. The number of likely N-dealkylation sites (tertiary alicyclic amines) is 1. The highest BCUT2D eigenvalue weighted by molar-refractivity contribution is 5.81. The van der Waals surface area contributed by atoms with E-state index in [2.05, 4.69) is 71.0 Å². The third-order valence-electron chi connectivity index (χ3n) is 5.86. The summed E-state index contributed by atoms with van der Waals surface area (Å²) in [5.41, 5.74) is 2.54. The molecule has 0 bridgehead atoms. The number of hydrogen-bond acceptors (Lipinski definition) is 3. The Morgan fingerprint density at radius 1 is 1.10 bits per heavy atom. The summed E-state index contributed by atoms with van der Waals surface area (Å²) < 4.78 is 0. The average molecular weight is 422 g/mol. The second kappa shape index (κ2) is 11.5. The molecule has 1 aliphatic rings. The van der Waals surface area contributed by atoms with E-state index >= 15 is 0 Å². The van der Waals surface area contributed by atoms with Crippen molar-refractivity contribution in [1.82, 2.24) is 20.4 Å². The molecule has 31 heavy (non-hydrogen) atoms. The number of carbonyl (C=O) groups is 1. The average Bonchev–Trinajstić information content (AvgIpc) is 3.15. The molecular weight excluding hydrogens is 386 g/mol. The molecular formula is C25H35N5O. The minimum atomic E-state index is 0.251. The molecule has 2 aromatic carbocycles. The molecule has 6 nitrogen and oxygen atoms in total. The molecule has 0 saturated carbocycles. The summed E-state index contributed by atoms with van der Waals surface area (Å²) in [6.07, 6.45) is 1.50. The summed E-state index contributed by atoms with van der Waals surface area (Å²) >= 11 is 0. The van der Waals surface area contributed by atoms with Gasteiger partial charge < -0.3 is 20.4 Å². The predicted molar refractivity (Wildman–Crippen MR) is 127 cm³/mol. The Kier molecular flexibility index (Phi) is 8.47. The SMILES string of the molecule is CN=C(NCC1CC(=O)N(CCc2ccccc2)C1)NCC(c1ccccc1)N(C)C. The molecule has 1 saturated heterocycles. The lowest BCUT2D eigenvalue weighted by Crippen LogP contribution is -2.43. The summed E-state index contributed by atoms with van der Waals surface area (Å²) in [5.74, 6) is 1.33. The molecule has 1 amide bonds. The van der Waals surface area contributed by atoms with Crippen molar-refractivity contribution < 1.29 is 4.79 Å². The summed E-state index contributed by atoms with van der Waals surface area (Å²) in [4.78, 5) is 21.0. The van der Waals surface area contributed by atoms with Gasteiger partial charge in [0.2, 0.25) is 5.91 Å². The molecule has 3 rings (SSSR count). The first-order valence-electron chi connectivity index (χ1n) is 11.0. The normalized spacial score (nSPS) is 17.8. The zero-order valence-corrected chi connectivity index (χ0v) is 18.9. The van der Waals surface area contributed by atoms with E-state index in [0.29, 0.717) is 12.3 Å².